The molecule has 4 rings (SSSR count). The summed E-state index contributed by atoms with van der Waals surface area (Å²) in [4.78, 5) is 11.8. The number of carbonyl (C=O) groups excluding carboxylic acids is 1. The van der Waals surface area contributed by atoms with Gasteiger partial charge in [0.1, 0.15) is 5.82 Å². The van der Waals surface area contributed by atoms with Crippen LogP contribution >= 0.6 is 11.6 Å². The van der Waals surface area contributed by atoms with Crippen LogP contribution in [0.2, 0.25) is 5.02 Å². The summed E-state index contributed by atoms with van der Waals surface area (Å²) in [6.45, 7) is 2.02. The monoisotopic (exact) mass is 537 g/mol. The first-order valence-electron chi connectivity index (χ1n) is 11.5. The van der Waals surface area contributed by atoms with Crippen LogP contribution in [0.5, 0.6) is 0 Å². The number of rotatable bonds is 7. The number of fused-ring (bicyclic) bond motifs is 1. The third kappa shape index (κ3) is 6.15. The standard InChI is InChI=1S/C28H25ClFN3O3S/c1-4-23(24-12-11-22(30)16-25(24)29)28(20-10-13-26-21(15-20)17-31-33(26)2)19-8-5-18(6-9-19)7-14-27(34)32-37(3,35)36/h5-17H,4H2,1-3H3,(H,32,34)/b14-7+,28-23+. The van der Waals surface area contributed by atoms with Crippen LogP contribution in [-0.4, -0.2) is 30.4 Å². The second kappa shape index (κ2) is 10.7. The van der Waals surface area contributed by atoms with Crippen molar-refractivity contribution in [3.63, 3.8) is 0 Å². The zero-order chi connectivity index (χ0) is 26.7. The maximum Gasteiger partial charge on any atom is 0.257 e. The number of sulfonamides is 1. The Morgan fingerprint density at radius 1 is 1.08 bits per heavy atom. The Morgan fingerprint density at radius 2 is 1.78 bits per heavy atom. The Labute approximate surface area is 220 Å². The second-order valence-corrected chi connectivity index (χ2v) is 10.7. The number of hydrogen-bond donors (Lipinski definition) is 1. The molecule has 1 aromatic heterocycles. The number of aromatic nitrogens is 2. The Morgan fingerprint density at radius 3 is 2.43 bits per heavy atom. The van der Waals surface area contributed by atoms with Gasteiger partial charge in [0, 0.05) is 18.5 Å². The highest BCUT2D eigenvalue weighted by molar-refractivity contribution is 7.89. The molecule has 37 heavy (non-hydrogen) atoms. The van der Waals surface area contributed by atoms with Gasteiger partial charge in [0.05, 0.1) is 23.0 Å². The highest BCUT2D eigenvalue weighted by Crippen LogP contribution is 2.38. The fourth-order valence-electron chi connectivity index (χ4n) is 4.22. The first-order valence-corrected chi connectivity index (χ1v) is 13.7. The second-order valence-electron chi connectivity index (χ2n) is 8.57. The van der Waals surface area contributed by atoms with E-state index in [9.17, 15) is 17.6 Å². The summed E-state index contributed by atoms with van der Waals surface area (Å²) in [7, 11) is -1.75. The molecule has 1 N–H and O–H groups in total. The van der Waals surface area contributed by atoms with Gasteiger partial charge in [-0.3, -0.25) is 9.48 Å². The molecule has 6 nitrogen and oxygen atoms in total. The summed E-state index contributed by atoms with van der Waals surface area (Å²) in [5.74, 6) is -1.13. The molecule has 0 fully saturated rings. The van der Waals surface area contributed by atoms with Gasteiger partial charge in [0.15, 0.2) is 0 Å². The van der Waals surface area contributed by atoms with Crippen LogP contribution in [0.15, 0.2) is 72.9 Å². The number of hydrogen-bond acceptors (Lipinski definition) is 4. The number of allylic oxidation sites excluding steroid dienone is 1. The van der Waals surface area contributed by atoms with Crippen LogP contribution in [-0.2, 0) is 21.9 Å². The highest BCUT2D eigenvalue weighted by atomic mass is 35.5. The number of benzene rings is 3. The van der Waals surface area contributed by atoms with Crippen molar-refractivity contribution in [1.82, 2.24) is 14.5 Å². The number of nitrogens with zero attached hydrogens (tertiary/aromatic N) is 2. The number of nitrogens with one attached hydrogen (secondary N) is 1. The molecule has 0 aliphatic heterocycles. The van der Waals surface area contributed by atoms with Crippen LogP contribution in [0.25, 0.3) is 28.1 Å². The molecule has 0 spiro atoms. The maximum absolute atomic E-state index is 13.8. The average Bonchev–Trinajstić information content (AvgIpc) is 3.21. The molecule has 0 atom stereocenters. The van der Waals surface area contributed by atoms with E-state index in [1.165, 1.54) is 24.3 Å². The van der Waals surface area contributed by atoms with Gasteiger partial charge in [0.2, 0.25) is 10.0 Å². The van der Waals surface area contributed by atoms with E-state index in [2.05, 4.69) is 11.2 Å². The van der Waals surface area contributed by atoms with E-state index in [1.807, 2.05) is 61.3 Å². The lowest BCUT2D eigenvalue weighted by atomic mass is 9.87. The van der Waals surface area contributed by atoms with E-state index in [4.69, 9.17) is 11.6 Å². The zero-order valence-corrected chi connectivity index (χ0v) is 22.1. The normalized spacial score (nSPS) is 12.7. The van der Waals surface area contributed by atoms with E-state index in [0.717, 1.165) is 45.0 Å². The smallest absolute Gasteiger partial charge is 0.257 e. The van der Waals surface area contributed by atoms with E-state index >= 15 is 0 Å². The molecule has 3 aromatic carbocycles. The molecule has 4 aromatic rings. The third-order valence-electron chi connectivity index (χ3n) is 5.86. The van der Waals surface area contributed by atoms with Gasteiger partial charge in [0.25, 0.3) is 5.91 Å². The lowest BCUT2D eigenvalue weighted by molar-refractivity contribution is -0.114. The Kier molecular flexibility index (Phi) is 7.61. The molecule has 0 bridgehead atoms. The van der Waals surface area contributed by atoms with E-state index in [0.29, 0.717) is 17.0 Å². The first-order chi connectivity index (χ1) is 17.6. The molecule has 0 radical (unpaired) electrons. The topological polar surface area (TPSA) is 81.1 Å². The van der Waals surface area contributed by atoms with Crippen molar-refractivity contribution < 1.29 is 17.6 Å². The molecule has 190 valence electrons. The minimum absolute atomic E-state index is 0.327. The minimum atomic E-state index is -3.63. The van der Waals surface area contributed by atoms with Crippen molar-refractivity contribution in [3.05, 3.63) is 106 Å². The number of halogens is 2. The van der Waals surface area contributed by atoms with Crippen LogP contribution in [0.3, 0.4) is 0 Å². The molecule has 0 aliphatic rings. The lowest BCUT2D eigenvalue weighted by Gasteiger charge is -2.18. The molecule has 0 saturated heterocycles. The lowest BCUT2D eigenvalue weighted by Crippen LogP contribution is -2.27. The molecule has 9 heteroatoms. The molecule has 1 amide bonds. The van der Waals surface area contributed by atoms with Crippen molar-refractivity contribution in [2.75, 3.05) is 6.26 Å². The van der Waals surface area contributed by atoms with Gasteiger partial charge in [-0.15, -0.1) is 0 Å². The van der Waals surface area contributed by atoms with Gasteiger partial charge in [-0.05, 0) is 70.2 Å². The summed E-state index contributed by atoms with van der Waals surface area (Å²) in [5, 5.41) is 5.65. The van der Waals surface area contributed by atoms with Crippen LogP contribution in [0.1, 0.15) is 35.6 Å². The summed E-state index contributed by atoms with van der Waals surface area (Å²) in [6, 6.07) is 18.0. The summed E-state index contributed by atoms with van der Waals surface area (Å²) < 4.78 is 40.0. The van der Waals surface area contributed by atoms with Crippen LogP contribution in [0, 0.1) is 5.82 Å². The summed E-state index contributed by atoms with van der Waals surface area (Å²) in [5.41, 5.74) is 6.19. The highest BCUT2D eigenvalue weighted by Gasteiger charge is 2.17. The van der Waals surface area contributed by atoms with Gasteiger partial charge >= 0.3 is 0 Å². The number of amides is 1. The van der Waals surface area contributed by atoms with Crippen molar-refractivity contribution >= 4 is 55.7 Å². The Hall–Kier alpha value is -3.75. The van der Waals surface area contributed by atoms with Gasteiger partial charge in [-0.1, -0.05) is 54.9 Å². The summed E-state index contributed by atoms with van der Waals surface area (Å²) in [6.07, 6.45) is 6.07. The van der Waals surface area contributed by atoms with Crippen molar-refractivity contribution in [2.45, 2.75) is 13.3 Å². The average molecular weight is 538 g/mol. The first kappa shape index (κ1) is 26.3. The Balaban J connectivity index is 1.83. The zero-order valence-electron chi connectivity index (χ0n) is 20.5. The predicted octanol–water partition coefficient (Wildman–Crippen LogP) is 5.82. The van der Waals surface area contributed by atoms with Gasteiger partial charge in [-0.25, -0.2) is 17.5 Å². The third-order valence-corrected chi connectivity index (χ3v) is 6.74. The number of aryl methyl sites for hydroxylation is 1. The summed E-state index contributed by atoms with van der Waals surface area (Å²) >= 11 is 6.49. The molecule has 1 heterocycles. The molecular weight excluding hydrogens is 513 g/mol. The molecule has 0 saturated carbocycles. The van der Waals surface area contributed by atoms with Crippen LogP contribution < -0.4 is 4.72 Å². The number of carbonyl (C=O) groups is 1. The fourth-order valence-corrected chi connectivity index (χ4v) is 4.93. The van der Waals surface area contributed by atoms with Gasteiger partial charge < -0.3 is 0 Å². The van der Waals surface area contributed by atoms with E-state index < -0.39 is 21.7 Å². The van der Waals surface area contributed by atoms with Crippen LogP contribution in [0.4, 0.5) is 4.39 Å². The minimum Gasteiger partial charge on any atom is -0.269 e. The fraction of sp³-hybridized carbons (Fsp3) is 0.143. The molecule has 0 aliphatic carbocycles. The van der Waals surface area contributed by atoms with Crippen molar-refractivity contribution in [2.24, 2.45) is 7.05 Å². The quantitative estimate of drug-likeness (QED) is 0.238. The van der Waals surface area contributed by atoms with Crippen molar-refractivity contribution in [3.8, 4) is 0 Å². The van der Waals surface area contributed by atoms with Crippen molar-refractivity contribution in [1.29, 1.82) is 0 Å². The Bertz CT molecular complexity index is 1660. The van der Waals surface area contributed by atoms with E-state index in [-0.39, 0.29) is 0 Å². The predicted molar refractivity (Wildman–Crippen MR) is 147 cm³/mol. The molecule has 0 unspecified atom stereocenters. The SMILES string of the molecule is CC/C(=C(/c1ccc(/C=C/C(=O)NS(C)(=O)=O)cc1)c1ccc2c(cnn2C)c1)c1ccc(F)cc1Cl. The largest absolute Gasteiger partial charge is 0.269 e. The van der Waals surface area contributed by atoms with E-state index in [1.54, 1.807) is 10.7 Å². The van der Waals surface area contributed by atoms with Gasteiger partial charge in [-0.2, -0.15) is 5.10 Å². The maximum atomic E-state index is 13.8. The molecular formula is C28H25ClFN3O3S.